The monoisotopic (exact) mass is 444 g/mol. The van der Waals surface area contributed by atoms with Crippen LogP contribution < -0.4 is 10.2 Å². The van der Waals surface area contributed by atoms with Gasteiger partial charge in [-0.05, 0) is 85.2 Å². The van der Waals surface area contributed by atoms with Crippen LogP contribution in [0.15, 0.2) is 64.8 Å². The summed E-state index contributed by atoms with van der Waals surface area (Å²) in [4.78, 5) is 7.19. The lowest BCUT2D eigenvalue weighted by Gasteiger charge is -2.26. The van der Waals surface area contributed by atoms with Crippen LogP contribution in [0, 0.1) is 12.3 Å². The molecule has 4 heteroatoms. The van der Waals surface area contributed by atoms with Crippen LogP contribution in [0.4, 0.5) is 17.1 Å². The number of hydrogen-bond donors (Lipinski definition) is 2. The molecule has 0 amide bonds. The van der Waals surface area contributed by atoms with Crippen LogP contribution in [0.3, 0.4) is 0 Å². The molecule has 0 saturated carbocycles. The van der Waals surface area contributed by atoms with Crippen molar-refractivity contribution in [3.8, 4) is 0 Å². The van der Waals surface area contributed by atoms with Gasteiger partial charge in [-0.2, -0.15) is 0 Å². The van der Waals surface area contributed by atoms with Crippen molar-refractivity contribution in [2.45, 2.75) is 60.3 Å². The standard InChI is InChI=1S/C29H40N4/c1-7-11-25(26(19-30)20-31-6)21-32-29-13-12-27(15-22(29)5)33(14-8-2)28-17-23(9-3)16-24(10-4)18-28/h11-13,15-21,30-31H,7-10,14H2,1-6H3/b25-11+,26-20+,30-19?,32-21-. The average molecular weight is 445 g/mol. The minimum atomic E-state index is 0.814. The Labute approximate surface area is 200 Å². The Morgan fingerprint density at radius 2 is 1.67 bits per heavy atom. The van der Waals surface area contributed by atoms with Gasteiger partial charge >= 0.3 is 0 Å². The summed E-state index contributed by atoms with van der Waals surface area (Å²) in [7, 11) is 1.84. The Hall–Kier alpha value is -3.14. The molecule has 2 N–H and O–H groups in total. The number of nitrogens with one attached hydrogen (secondary N) is 2. The molecule has 0 saturated heterocycles. The maximum atomic E-state index is 7.71. The molecule has 0 aliphatic carbocycles. The number of aryl methyl sites for hydroxylation is 3. The zero-order valence-electron chi connectivity index (χ0n) is 21.2. The molecule has 0 fully saturated rings. The van der Waals surface area contributed by atoms with Crippen molar-refractivity contribution in [2.24, 2.45) is 4.99 Å². The third-order valence-electron chi connectivity index (χ3n) is 5.66. The number of hydrogen-bond acceptors (Lipinski definition) is 4. The van der Waals surface area contributed by atoms with Gasteiger partial charge in [0, 0.05) is 49.2 Å². The second-order valence-corrected chi connectivity index (χ2v) is 8.20. The molecule has 0 spiro atoms. The van der Waals surface area contributed by atoms with Crippen molar-refractivity contribution in [1.29, 1.82) is 5.41 Å². The van der Waals surface area contributed by atoms with Gasteiger partial charge in [0.1, 0.15) is 0 Å². The van der Waals surface area contributed by atoms with Crippen molar-refractivity contribution in [3.63, 3.8) is 0 Å². The van der Waals surface area contributed by atoms with Crippen molar-refractivity contribution in [1.82, 2.24) is 5.32 Å². The molecule has 33 heavy (non-hydrogen) atoms. The Morgan fingerprint density at radius 1 is 0.970 bits per heavy atom. The lowest BCUT2D eigenvalue weighted by atomic mass is 10.0. The summed E-state index contributed by atoms with van der Waals surface area (Å²) in [6.07, 6.45) is 11.2. The number of nitrogens with zero attached hydrogens (tertiary/aromatic N) is 2. The van der Waals surface area contributed by atoms with E-state index in [1.807, 2.05) is 19.5 Å². The van der Waals surface area contributed by atoms with E-state index in [0.29, 0.717) is 0 Å². The van der Waals surface area contributed by atoms with Crippen LogP contribution in [0.5, 0.6) is 0 Å². The Morgan fingerprint density at radius 3 is 2.18 bits per heavy atom. The maximum absolute atomic E-state index is 7.71. The van der Waals surface area contributed by atoms with Crippen molar-refractivity contribution in [2.75, 3.05) is 18.5 Å². The van der Waals surface area contributed by atoms with E-state index in [2.05, 4.69) is 87.3 Å². The predicted octanol–water partition coefficient (Wildman–Crippen LogP) is 7.46. The van der Waals surface area contributed by atoms with Crippen LogP contribution in [0.25, 0.3) is 0 Å². The number of aliphatic imine (C=N–C) groups is 1. The molecule has 0 heterocycles. The van der Waals surface area contributed by atoms with Crippen LogP contribution in [-0.4, -0.2) is 26.0 Å². The summed E-state index contributed by atoms with van der Waals surface area (Å²) >= 11 is 0. The van der Waals surface area contributed by atoms with Gasteiger partial charge in [-0.25, -0.2) is 0 Å². The third-order valence-corrected chi connectivity index (χ3v) is 5.66. The molecular formula is C29H40N4. The number of benzene rings is 2. The van der Waals surface area contributed by atoms with E-state index in [9.17, 15) is 0 Å². The SMILES string of the molecule is CC/C=C(\C=N/c1ccc(N(CCC)c2cc(CC)cc(CC)c2)cc1C)C(/C=N)=C/NC. The third kappa shape index (κ3) is 7.18. The summed E-state index contributed by atoms with van der Waals surface area (Å²) in [6.45, 7) is 11.8. The fourth-order valence-electron chi connectivity index (χ4n) is 3.86. The van der Waals surface area contributed by atoms with Crippen LogP contribution in [0.2, 0.25) is 0 Å². The quantitative estimate of drug-likeness (QED) is 0.264. The van der Waals surface area contributed by atoms with E-state index < -0.39 is 0 Å². The summed E-state index contributed by atoms with van der Waals surface area (Å²) in [5.74, 6) is 0. The minimum Gasteiger partial charge on any atom is -0.393 e. The molecular weight excluding hydrogens is 404 g/mol. The smallest absolute Gasteiger partial charge is 0.0660 e. The Balaban J connectivity index is 2.41. The van der Waals surface area contributed by atoms with Gasteiger partial charge in [-0.1, -0.05) is 39.8 Å². The van der Waals surface area contributed by atoms with Gasteiger partial charge < -0.3 is 15.6 Å². The van der Waals surface area contributed by atoms with Gasteiger partial charge in [0.2, 0.25) is 0 Å². The topological polar surface area (TPSA) is 51.5 Å². The van der Waals surface area contributed by atoms with Crippen LogP contribution in [0.1, 0.15) is 57.2 Å². The van der Waals surface area contributed by atoms with Crippen molar-refractivity contribution >= 4 is 29.5 Å². The lowest BCUT2D eigenvalue weighted by Crippen LogP contribution is -2.18. The van der Waals surface area contributed by atoms with Gasteiger partial charge in [0.15, 0.2) is 0 Å². The molecule has 0 aliphatic heterocycles. The molecule has 2 aromatic rings. The number of allylic oxidation sites excluding steroid dienone is 3. The summed E-state index contributed by atoms with van der Waals surface area (Å²) in [5, 5.41) is 10.7. The van der Waals surface area contributed by atoms with E-state index in [1.54, 1.807) is 0 Å². The molecule has 0 radical (unpaired) electrons. The molecule has 4 nitrogen and oxygen atoms in total. The first-order valence-corrected chi connectivity index (χ1v) is 12.1. The molecule has 176 valence electrons. The van der Waals surface area contributed by atoms with E-state index in [-0.39, 0.29) is 0 Å². The summed E-state index contributed by atoms with van der Waals surface area (Å²) in [5.41, 5.74) is 9.08. The molecule has 0 aliphatic rings. The Bertz CT molecular complexity index is 992. The molecule has 0 atom stereocenters. The summed E-state index contributed by atoms with van der Waals surface area (Å²) < 4.78 is 0. The highest BCUT2D eigenvalue weighted by molar-refractivity contribution is 5.98. The first-order valence-electron chi connectivity index (χ1n) is 12.1. The summed E-state index contributed by atoms with van der Waals surface area (Å²) in [6, 6.07) is 13.5. The van der Waals surface area contributed by atoms with Gasteiger partial charge in [0.25, 0.3) is 0 Å². The number of anilines is 2. The predicted molar refractivity (Wildman–Crippen MR) is 146 cm³/mol. The number of rotatable bonds is 12. The lowest BCUT2D eigenvalue weighted by molar-refractivity contribution is 0.882. The van der Waals surface area contributed by atoms with Crippen molar-refractivity contribution < 1.29 is 0 Å². The molecule has 0 unspecified atom stereocenters. The van der Waals surface area contributed by atoms with Gasteiger partial charge in [-0.3, -0.25) is 4.99 Å². The van der Waals surface area contributed by atoms with E-state index in [4.69, 9.17) is 10.4 Å². The second kappa shape index (κ2) is 13.4. The maximum Gasteiger partial charge on any atom is 0.0660 e. The first-order chi connectivity index (χ1) is 16.0. The fourth-order valence-corrected chi connectivity index (χ4v) is 3.86. The van der Waals surface area contributed by atoms with E-state index in [1.165, 1.54) is 28.7 Å². The van der Waals surface area contributed by atoms with Gasteiger partial charge in [-0.15, -0.1) is 0 Å². The molecule has 2 aromatic carbocycles. The molecule has 0 bridgehead atoms. The van der Waals surface area contributed by atoms with Crippen LogP contribution >= 0.6 is 0 Å². The van der Waals surface area contributed by atoms with E-state index in [0.717, 1.165) is 54.6 Å². The fraction of sp³-hybridized carbons (Fsp3) is 0.379. The second-order valence-electron chi connectivity index (χ2n) is 8.20. The van der Waals surface area contributed by atoms with Gasteiger partial charge in [0.05, 0.1) is 5.69 Å². The highest BCUT2D eigenvalue weighted by Gasteiger charge is 2.12. The zero-order valence-corrected chi connectivity index (χ0v) is 21.2. The molecule has 0 aromatic heterocycles. The van der Waals surface area contributed by atoms with Crippen molar-refractivity contribution in [3.05, 3.63) is 76.5 Å². The highest BCUT2D eigenvalue weighted by atomic mass is 15.1. The largest absolute Gasteiger partial charge is 0.393 e. The van der Waals surface area contributed by atoms with E-state index >= 15 is 0 Å². The van der Waals surface area contributed by atoms with Crippen LogP contribution in [-0.2, 0) is 12.8 Å². The normalized spacial score (nSPS) is 12.3. The minimum absolute atomic E-state index is 0.814. The highest BCUT2D eigenvalue weighted by Crippen LogP contribution is 2.32. The zero-order chi connectivity index (χ0) is 24.2. The average Bonchev–Trinajstić information content (AvgIpc) is 2.84. The first kappa shape index (κ1) is 26.1. The Kier molecular flexibility index (Phi) is 10.6. The molecule has 2 rings (SSSR count).